The van der Waals surface area contributed by atoms with Gasteiger partial charge in [-0.1, -0.05) is 308 Å². The minimum atomic E-state index is -0.771. The van der Waals surface area contributed by atoms with Crippen molar-refractivity contribution in [2.75, 3.05) is 13.2 Å². The van der Waals surface area contributed by atoms with Crippen LogP contribution in [0.3, 0.4) is 0 Å². The lowest BCUT2D eigenvalue weighted by Gasteiger charge is -2.18. The summed E-state index contributed by atoms with van der Waals surface area (Å²) < 4.78 is 16.9. The number of allylic oxidation sites excluding steroid dienone is 4. The lowest BCUT2D eigenvalue weighted by molar-refractivity contribution is -0.167. The lowest BCUT2D eigenvalue weighted by atomic mass is 10.0. The summed E-state index contributed by atoms with van der Waals surface area (Å²) in [6.07, 6.45) is 71.8. The van der Waals surface area contributed by atoms with E-state index in [2.05, 4.69) is 45.1 Å². The highest BCUT2D eigenvalue weighted by molar-refractivity contribution is 5.71. The molecule has 0 aliphatic rings. The number of unbranched alkanes of at least 4 members (excludes halogenated alkanes) is 44. The topological polar surface area (TPSA) is 78.9 Å². The second-order valence-corrected chi connectivity index (χ2v) is 21.7. The third kappa shape index (κ3) is 58.7. The number of hydrogen-bond acceptors (Lipinski definition) is 6. The van der Waals surface area contributed by atoms with Crippen molar-refractivity contribution < 1.29 is 28.6 Å². The van der Waals surface area contributed by atoms with E-state index in [0.29, 0.717) is 19.3 Å². The average molecular weight is 1000 g/mol. The fraction of sp³-hybridized carbons (Fsp3) is 0.892. The lowest BCUT2D eigenvalue weighted by Crippen LogP contribution is -2.30. The van der Waals surface area contributed by atoms with Crippen LogP contribution in [0.4, 0.5) is 0 Å². The Morgan fingerprint density at radius 2 is 0.507 bits per heavy atom. The second kappa shape index (κ2) is 60.4. The predicted octanol–water partition coefficient (Wildman–Crippen LogP) is 21.4. The third-order valence-electron chi connectivity index (χ3n) is 14.5. The van der Waals surface area contributed by atoms with Crippen molar-refractivity contribution in [2.24, 2.45) is 0 Å². The zero-order valence-corrected chi connectivity index (χ0v) is 48.0. The van der Waals surface area contributed by atoms with Crippen molar-refractivity contribution in [1.29, 1.82) is 0 Å². The minimum absolute atomic E-state index is 0.0685. The molecule has 0 saturated carbocycles. The van der Waals surface area contributed by atoms with Crippen LogP contribution < -0.4 is 0 Å². The maximum Gasteiger partial charge on any atom is 0.306 e. The van der Waals surface area contributed by atoms with Crippen molar-refractivity contribution in [3.63, 3.8) is 0 Å². The number of carbonyl (C=O) groups is 3. The van der Waals surface area contributed by atoms with Crippen molar-refractivity contribution in [3.8, 4) is 0 Å². The third-order valence-corrected chi connectivity index (χ3v) is 14.5. The van der Waals surface area contributed by atoms with Gasteiger partial charge in [0.1, 0.15) is 13.2 Å². The molecule has 0 fully saturated rings. The SMILES string of the molecule is CCCCCC/C=C\C/C=C\CCCCCCCCCC(=O)OC(COC(=O)CCCCCCCCCCCCCCC)COC(=O)CCCCCCCCCCCCCCCCCCCCCCCC. The molecule has 0 aliphatic carbocycles. The Labute approximate surface area is 443 Å². The molecule has 418 valence electrons. The highest BCUT2D eigenvalue weighted by atomic mass is 16.6. The van der Waals surface area contributed by atoms with Crippen LogP contribution in [0.15, 0.2) is 24.3 Å². The van der Waals surface area contributed by atoms with Crippen LogP contribution in [-0.2, 0) is 28.6 Å². The minimum Gasteiger partial charge on any atom is -0.462 e. The van der Waals surface area contributed by atoms with E-state index < -0.39 is 6.10 Å². The molecule has 0 aromatic carbocycles. The first-order valence-electron chi connectivity index (χ1n) is 31.8. The molecule has 0 radical (unpaired) electrons. The van der Waals surface area contributed by atoms with Gasteiger partial charge in [0.25, 0.3) is 0 Å². The molecule has 0 aliphatic heterocycles. The van der Waals surface area contributed by atoms with Crippen LogP contribution >= 0.6 is 0 Å². The molecule has 0 saturated heterocycles. The van der Waals surface area contributed by atoms with E-state index in [4.69, 9.17) is 14.2 Å². The average Bonchev–Trinajstić information content (AvgIpc) is 3.37. The van der Waals surface area contributed by atoms with Gasteiger partial charge in [0.2, 0.25) is 0 Å². The normalized spacial score (nSPS) is 12.1. The zero-order valence-electron chi connectivity index (χ0n) is 48.0. The van der Waals surface area contributed by atoms with Gasteiger partial charge in [-0.05, 0) is 51.4 Å². The van der Waals surface area contributed by atoms with Crippen LogP contribution in [0.1, 0.15) is 355 Å². The first-order chi connectivity index (χ1) is 35.0. The zero-order chi connectivity index (χ0) is 51.4. The Morgan fingerprint density at radius 3 is 0.789 bits per heavy atom. The Balaban J connectivity index is 4.27. The Bertz CT molecular complexity index is 1150. The molecule has 0 spiro atoms. The molecule has 0 bridgehead atoms. The van der Waals surface area contributed by atoms with Crippen LogP contribution in [0.2, 0.25) is 0 Å². The largest absolute Gasteiger partial charge is 0.462 e. The maximum absolute atomic E-state index is 12.9. The molecule has 0 heterocycles. The van der Waals surface area contributed by atoms with E-state index in [1.54, 1.807) is 0 Å². The Kier molecular flexibility index (Phi) is 58.6. The summed E-state index contributed by atoms with van der Waals surface area (Å²) in [5.74, 6) is -0.850. The number of esters is 3. The number of ether oxygens (including phenoxy) is 3. The molecule has 71 heavy (non-hydrogen) atoms. The van der Waals surface area contributed by atoms with Gasteiger partial charge in [0.15, 0.2) is 6.10 Å². The van der Waals surface area contributed by atoms with E-state index in [1.165, 1.54) is 244 Å². The van der Waals surface area contributed by atoms with Crippen molar-refractivity contribution in [1.82, 2.24) is 0 Å². The van der Waals surface area contributed by atoms with Crippen LogP contribution in [0, 0.1) is 0 Å². The summed E-state index contributed by atoms with van der Waals surface area (Å²) in [5, 5.41) is 0. The monoisotopic (exact) mass is 999 g/mol. The first-order valence-corrected chi connectivity index (χ1v) is 31.8. The van der Waals surface area contributed by atoms with Gasteiger partial charge in [0.05, 0.1) is 0 Å². The molecule has 6 nitrogen and oxygen atoms in total. The van der Waals surface area contributed by atoms with Gasteiger partial charge in [-0.15, -0.1) is 0 Å². The summed E-state index contributed by atoms with van der Waals surface area (Å²) in [6.45, 7) is 6.68. The summed E-state index contributed by atoms with van der Waals surface area (Å²) >= 11 is 0. The standard InChI is InChI=1S/C65H122O6/c1-4-7-10-13-16-19-22-25-27-29-31-32-33-34-36-37-40-43-46-49-52-55-58-64(67)70-61-62(60-69-63(66)57-54-51-48-45-42-39-24-21-18-15-12-9-6-3)71-65(68)59-56-53-50-47-44-41-38-35-30-28-26-23-20-17-14-11-8-5-2/h20,23,28,30,62H,4-19,21-22,24-27,29,31-61H2,1-3H3/b23-20-,30-28-. The van der Waals surface area contributed by atoms with Gasteiger partial charge >= 0.3 is 17.9 Å². The Morgan fingerprint density at radius 1 is 0.282 bits per heavy atom. The van der Waals surface area contributed by atoms with Gasteiger partial charge in [-0.3, -0.25) is 14.4 Å². The fourth-order valence-electron chi connectivity index (χ4n) is 9.65. The molecule has 0 aromatic heterocycles. The predicted molar refractivity (Wildman–Crippen MR) is 307 cm³/mol. The summed E-state index contributed by atoms with van der Waals surface area (Å²) in [4.78, 5) is 38.3. The molecular formula is C65H122O6. The summed E-state index contributed by atoms with van der Waals surface area (Å²) in [7, 11) is 0. The van der Waals surface area contributed by atoms with E-state index in [1.807, 2.05) is 0 Å². The quantitative estimate of drug-likeness (QED) is 0.0261. The summed E-state index contributed by atoms with van der Waals surface area (Å²) in [6, 6.07) is 0. The van der Waals surface area contributed by atoms with Gasteiger partial charge in [0, 0.05) is 19.3 Å². The van der Waals surface area contributed by atoms with Crippen molar-refractivity contribution >= 4 is 17.9 Å². The Hall–Kier alpha value is -2.11. The van der Waals surface area contributed by atoms with Gasteiger partial charge in [-0.2, -0.15) is 0 Å². The van der Waals surface area contributed by atoms with E-state index in [0.717, 1.165) is 70.6 Å². The van der Waals surface area contributed by atoms with Crippen LogP contribution in [-0.4, -0.2) is 37.2 Å². The van der Waals surface area contributed by atoms with Crippen molar-refractivity contribution in [2.45, 2.75) is 361 Å². The molecular weight excluding hydrogens is 877 g/mol. The molecule has 0 amide bonds. The fourth-order valence-corrected chi connectivity index (χ4v) is 9.65. The molecule has 1 unspecified atom stereocenters. The number of hydrogen-bond donors (Lipinski definition) is 0. The molecule has 1 atom stereocenters. The first kappa shape index (κ1) is 68.9. The smallest absolute Gasteiger partial charge is 0.306 e. The van der Waals surface area contributed by atoms with Gasteiger partial charge < -0.3 is 14.2 Å². The molecule has 0 rings (SSSR count). The van der Waals surface area contributed by atoms with Crippen molar-refractivity contribution in [3.05, 3.63) is 24.3 Å². The van der Waals surface area contributed by atoms with Crippen LogP contribution in [0.5, 0.6) is 0 Å². The second-order valence-electron chi connectivity index (χ2n) is 21.7. The van der Waals surface area contributed by atoms with E-state index in [9.17, 15) is 14.4 Å². The van der Waals surface area contributed by atoms with Gasteiger partial charge in [-0.25, -0.2) is 0 Å². The van der Waals surface area contributed by atoms with E-state index >= 15 is 0 Å². The highest BCUT2D eigenvalue weighted by Crippen LogP contribution is 2.18. The molecule has 0 N–H and O–H groups in total. The highest BCUT2D eigenvalue weighted by Gasteiger charge is 2.19. The van der Waals surface area contributed by atoms with E-state index in [-0.39, 0.29) is 31.1 Å². The van der Waals surface area contributed by atoms with Crippen LogP contribution in [0.25, 0.3) is 0 Å². The number of carbonyl (C=O) groups excluding carboxylic acids is 3. The maximum atomic E-state index is 12.9. The number of rotatable bonds is 59. The molecule has 0 aromatic rings. The molecule has 6 heteroatoms. The summed E-state index contributed by atoms with van der Waals surface area (Å²) in [5.41, 5.74) is 0.